The van der Waals surface area contributed by atoms with Crippen LogP contribution in [0, 0.1) is 0 Å². The van der Waals surface area contributed by atoms with Gasteiger partial charge in [-0.1, -0.05) is 0 Å². The fourth-order valence-electron chi connectivity index (χ4n) is 2.47. The third-order valence-electron chi connectivity index (χ3n) is 3.85. The number of hydrogen-bond acceptors (Lipinski definition) is 6. The summed E-state index contributed by atoms with van der Waals surface area (Å²) in [5.74, 6) is 0.758. The zero-order valence-electron chi connectivity index (χ0n) is 13.0. The van der Waals surface area contributed by atoms with Gasteiger partial charge in [-0.2, -0.15) is 0 Å². The van der Waals surface area contributed by atoms with Gasteiger partial charge in [0, 0.05) is 51.2 Å². The highest BCUT2D eigenvalue weighted by molar-refractivity contribution is 5.30. The quantitative estimate of drug-likeness (QED) is 0.761. The van der Waals surface area contributed by atoms with Crippen molar-refractivity contribution in [2.75, 3.05) is 38.3 Å². The molecule has 118 valence electrons. The van der Waals surface area contributed by atoms with Gasteiger partial charge in [-0.15, -0.1) is 0 Å². The molecule has 1 aromatic heterocycles. The van der Waals surface area contributed by atoms with Gasteiger partial charge in [0.05, 0.1) is 12.2 Å². The zero-order chi connectivity index (χ0) is 15.1. The summed E-state index contributed by atoms with van der Waals surface area (Å²) < 4.78 is 4.99. The van der Waals surface area contributed by atoms with E-state index in [2.05, 4.69) is 20.2 Å². The lowest BCUT2D eigenvalue weighted by Gasteiger charge is -2.22. The van der Waals surface area contributed by atoms with E-state index in [1.807, 2.05) is 19.3 Å². The molecule has 1 fully saturated rings. The summed E-state index contributed by atoms with van der Waals surface area (Å²) in [6.45, 7) is 5.89. The van der Waals surface area contributed by atoms with E-state index in [0.717, 1.165) is 57.0 Å². The summed E-state index contributed by atoms with van der Waals surface area (Å²) in [7, 11) is 1.69. The second-order valence-electron chi connectivity index (χ2n) is 5.90. The van der Waals surface area contributed by atoms with Crippen molar-refractivity contribution in [3.05, 3.63) is 18.0 Å². The summed E-state index contributed by atoms with van der Waals surface area (Å²) in [5.41, 5.74) is 0.511. The Labute approximate surface area is 126 Å². The average molecular weight is 294 g/mol. The molecule has 1 saturated heterocycles. The molecule has 0 aromatic carbocycles. The van der Waals surface area contributed by atoms with Gasteiger partial charge >= 0.3 is 0 Å². The number of methoxy groups -OCH3 is 1. The lowest BCUT2D eigenvalue weighted by Crippen LogP contribution is -2.29. The predicted molar refractivity (Wildman–Crippen MR) is 82.3 cm³/mol. The number of hydrogen-bond donors (Lipinski definition) is 2. The van der Waals surface area contributed by atoms with Crippen LogP contribution in [-0.4, -0.2) is 54.0 Å². The first-order chi connectivity index (χ1) is 10.1. The fourth-order valence-corrected chi connectivity index (χ4v) is 2.47. The van der Waals surface area contributed by atoms with Crippen LogP contribution in [0.15, 0.2) is 12.4 Å². The molecule has 0 bridgehead atoms. The second-order valence-corrected chi connectivity index (χ2v) is 5.90. The second kappa shape index (κ2) is 7.68. The lowest BCUT2D eigenvalue weighted by molar-refractivity contribution is 0.0481. The molecule has 2 rings (SSSR count). The van der Waals surface area contributed by atoms with E-state index in [0.29, 0.717) is 6.61 Å². The standard InChI is InChI=1S/C15H26N4O2/c1-15(20)4-3-7-19(8-5-15)14-17-11-13(12-18-14)10-16-6-9-21-2/h11-12,16,20H,3-10H2,1-2H3. The first-order valence-electron chi connectivity index (χ1n) is 7.59. The van der Waals surface area contributed by atoms with Crippen molar-refractivity contribution in [1.29, 1.82) is 0 Å². The van der Waals surface area contributed by atoms with Crippen LogP contribution >= 0.6 is 0 Å². The normalized spacial score (nSPS) is 23.1. The molecule has 0 amide bonds. The summed E-state index contributed by atoms with van der Waals surface area (Å²) in [5, 5.41) is 13.4. The van der Waals surface area contributed by atoms with Gasteiger partial charge in [0.1, 0.15) is 0 Å². The highest BCUT2D eigenvalue weighted by atomic mass is 16.5. The van der Waals surface area contributed by atoms with Crippen LogP contribution in [0.25, 0.3) is 0 Å². The molecule has 6 heteroatoms. The van der Waals surface area contributed by atoms with Crippen molar-refractivity contribution in [2.24, 2.45) is 0 Å². The minimum atomic E-state index is -0.556. The first-order valence-corrected chi connectivity index (χ1v) is 7.59. The molecular weight excluding hydrogens is 268 g/mol. The number of aromatic nitrogens is 2. The van der Waals surface area contributed by atoms with Gasteiger partial charge in [0.15, 0.2) is 0 Å². The largest absolute Gasteiger partial charge is 0.390 e. The van der Waals surface area contributed by atoms with Crippen LogP contribution < -0.4 is 10.2 Å². The molecule has 1 aromatic rings. The SMILES string of the molecule is COCCNCc1cnc(N2CCCC(C)(O)CC2)nc1. The van der Waals surface area contributed by atoms with Crippen LogP contribution in [0.3, 0.4) is 0 Å². The first kappa shape index (κ1) is 16.1. The Hall–Kier alpha value is -1.24. The maximum Gasteiger partial charge on any atom is 0.225 e. The minimum Gasteiger partial charge on any atom is -0.390 e. The Bertz CT molecular complexity index is 422. The molecule has 1 unspecified atom stereocenters. The van der Waals surface area contributed by atoms with E-state index < -0.39 is 5.60 Å². The Morgan fingerprint density at radius 1 is 1.33 bits per heavy atom. The third kappa shape index (κ3) is 5.22. The van der Waals surface area contributed by atoms with Crippen LogP contribution in [-0.2, 0) is 11.3 Å². The summed E-state index contributed by atoms with van der Waals surface area (Å²) in [6, 6.07) is 0. The van der Waals surface area contributed by atoms with E-state index in [1.54, 1.807) is 7.11 Å². The molecular formula is C15H26N4O2. The van der Waals surface area contributed by atoms with E-state index >= 15 is 0 Å². The van der Waals surface area contributed by atoms with Gasteiger partial charge in [0.25, 0.3) is 0 Å². The monoisotopic (exact) mass is 294 g/mol. The Morgan fingerprint density at radius 2 is 2.10 bits per heavy atom. The highest BCUT2D eigenvalue weighted by Crippen LogP contribution is 2.23. The van der Waals surface area contributed by atoms with Crippen LogP contribution in [0.2, 0.25) is 0 Å². The molecule has 2 N–H and O–H groups in total. The number of nitrogens with one attached hydrogen (secondary N) is 1. The van der Waals surface area contributed by atoms with Crippen molar-refractivity contribution >= 4 is 5.95 Å². The van der Waals surface area contributed by atoms with E-state index in [-0.39, 0.29) is 0 Å². The van der Waals surface area contributed by atoms with Crippen LogP contribution in [0.4, 0.5) is 5.95 Å². The van der Waals surface area contributed by atoms with Crippen molar-refractivity contribution in [2.45, 2.75) is 38.3 Å². The topological polar surface area (TPSA) is 70.5 Å². The lowest BCUT2D eigenvalue weighted by atomic mass is 9.98. The Morgan fingerprint density at radius 3 is 2.81 bits per heavy atom. The summed E-state index contributed by atoms with van der Waals surface area (Å²) in [6.07, 6.45) is 6.30. The molecule has 0 radical (unpaired) electrons. The van der Waals surface area contributed by atoms with E-state index in [4.69, 9.17) is 4.74 Å². The van der Waals surface area contributed by atoms with Crippen molar-refractivity contribution in [3.8, 4) is 0 Å². The van der Waals surface area contributed by atoms with E-state index in [9.17, 15) is 5.11 Å². The number of rotatable bonds is 6. The van der Waals surface area contributed by atoms with E-state index in [1.165, 1.54) is 0 Å². The molecule has 1 aliphatic heterocycles. The van der Waals surface area contributed by atoms with Gasteiger partial charge in [-0.3, -0.25) is 0 Å². The highest BCUT2D eigenvalue weighted by Gasteiger charge is 2.25. The molecule has 6 nitrogen and oxygen atoms in total. The van der Waals surface area contributed by atoms with Crippen molar-refractivity contribution < 1.29 is 9.84 Å². The third-order valence-corrected chi connectivity index (χ3v) is 3.85. The molecule has 1 atom stereocenters. The smallest absolute Gasteiger partial charge is 0.225 e. The molecule has 1 aliphatic rings. The maximum absolute atomic E-state index is 10.1. The Balaban J connectivity index is 1.86. The van der Waals surface area contributed by atoms with Gasteiger partial charge in [-0.25, -0.2) is 9.97 Å². The number of ether oxygens (including phenoxy) is 1. The number of anilines is 1. The predicted octanol–water partition coefficient (Wildman–Crippen LogP) is 0.954. The van der Waals surface area contributed by atoms with Crippen LogP contribution in [0.1, 0.15) is 31.7 Å². The summed E-state index contributed by atoms with van der Waals surface area (Å²) >= 11 is 0. The van der Waals surface area contributed by atoms with Crippen LogP contribution in [0.5, 0.6) is 0 Å². The number of aliphatic hydroxyl groups is 1. The zero-order valence-corrected chi connectivity index (χ0v) is 13.0. The Kier molecular flexibility index (Phi) is 5.90. The van der Waals surface area contributed by atoms with Gasteiger partial charge < -0.3 is 20.1 Å². The summed E-state index contributed by atoms with van der Waals surface area (Å²) in [4.78, 5) is 11.1. The van der Waals surface area contributed by atoms with Crippen molar-refractivity contribution in [1.82, 2.24) is 15.3 Å². The molecule has 21 heavy (non-hydrogen) atoms. The van der Waals surface area contributed by atoms with Gasteiger partial charge in [0.2, 0.25) is 5.95 Å². The van der Waals surface area contributed by atoms with Crippen molar-refractivity contribution in [3.63, 3.8) is 0 Å². The molecule has 0 spiro atoms. The van der Waals surface area contributed by atoms with Gasteiger partial charge in [-0.05, 0) is 26.2 Å². The minimum absolute atomic E-state index is 0.556. The number of nitrogens with zero attached hydrogens (tertiary/aromatic N) is 3. The fraction of sp³-hybridized carbons (Fsp3) is 0.733. The molecule has 0 aliphatic carbocycles. The maximum atomic E-state index is 10.1. The molecule has 0 saturated carbocycles. The average Bonchev–Trinajstić information content (AvgIpc) is 2.65. The molecule has 2 heterocycles.